The summed E-state index contributed by atoms with van der Waals surface area (Å²) in [7, 11) is 0. The highest BCUT2D eigenvalue weighted by molar-refractivity contribution is 6.16. The van der Waals surface area contributed by atoms with Crippen molar-refractivity contribution >= 4 is 35.1 Å². The van der Waals surface area contributed by atoms with Crippen LogP contribution in [0.2, 0.25) is 0 Å². The number of carbonyl (C=O) groups excluding carboxylic acids is 2. The van der Waals surface area contributed by atoms with Crippen molar-refractivity contribution in [3.05, 3.63) is 90.2 Å². The van der Waals surface area contributed by atoms with Crippen LogP contribution in [0.3, 0.4) is 0 Å². The highest BCUT2D eigenvalue weighted by Gasteiger charge is 2.56. The summed E-state index contributed by atoms with van der Waals surface area (Å²) >= 11 is 0. The summed E-state index contributed by atoms with van der Waals surface area (Å²) in [5, 5.41) is 8.53. The van der Waals surface area contributed by atoms with Crippen LogP contribution in [0, 0.1) is 17.0 Å². The van der Waals surface area contributed by atoms with Crippen molar-refractivity contribution in [2.75, 3.05) is 16.0 Å². The minimum Gasteiger partial charge on any atom is -0.476 e. The number of dihydropyridines is 1. The average molecular weight is 517 g/mol. The zero-order valence-electron chi connectivity index (χ0n) is 19.9. The second-order valence-corrected chi connectivity index (χ2v) is 9.24. The molecule has 6 rings (SSSR count). The minimum atomic E-state index is -1.26. The number of allylic oxidation sites excluding steroid dienone is 1. The number of nitrogens with one attached hydrogen (secondary N) is 3. The molecule has 2 atom stereocenters. The van der Waals surface area contributed by atoms with Crippen LogP contribution in [0.5, 0.6) is 11.5 Å². The Morgan fingerprint density at radius 1 is 0.974 bits per heavy atom. The Labute approximate surface area is 216 Å². The van der Waals surface area contributed by atoms with Gasteiger partial charge < -0.3 is 25.4 Å². The topological polar surface area (TPSA) is 101 Å². The molecule has 0 bridgehead atoms. The minimum absolute atomic E-state index is 0.0547. The Balaban J connectivity index is 1.12. The number of hydrogen-bond acceptors (Lipinski definition) is 6. The van der Waals surface area contributed by atoms with Gasteiger partial charge in [-0.05, 0) is 67.4 Å². The fraction of sp³-hybridized carbons (Fsp3) is 0.179. The summed E-state index contributed by atoms with van der Waals surface area (Å²) in [6, 6.07) is 16.7. The lowest BCUT2D eigenvalue weighted by Crippen LogP contribution is -2.44. The van der Waals surface area contributed by atoms with E-state index in [1.165, 1.54) is 36.4 Å². The van der Waals surface area contributed by atoms with E-state index in [0.717, 1.165) is 11.8 Å². The van der Waals surface area contributed by atoms with Crippen LogP contribution in [-0.2, 0) is 9.59 Å². The van der Waals surface area contributed by atoms with Crippen molar-refractivity contribution < 1.29 is 27.8 Å². The Bertz CT molecular complexity index is 1480. The van der Waals surface area contributed by atoms with Crippen molar-refractivity contribution in [2.24, 2.45) is 10.4 Å². The molecule has 1 aliphatic carbocycles. The maximum atomic E-state index is 15.0. The van der Waals surface area contributed by atoms with E-state index in [1.54, 1.807) is 12.3 Å². The van der Waals surface area contributed by atoms with Gasteiger partial charge in [0.25, 0.3) is 0 Å². The van der Waals surface area contributed by atoms with E-state index in [1.807, 2.05) is 24.3 Å². The van der Waals surface area contributed by atoms with Crippen molar-refractivity contribution in [1.82, 2.24) is 0 Å². The van der Waals surface area contributed by atoms with Gasteiger partial charge in [0, 0.05) is 23.7 Å². The molecule has 0 aromatic heterocycles. The highest BCUT2D eigenvalue weighted by Crippen LogP contribution is 2.47. The molecule has 0 saturated heterocycles. The zero-order valence-corrected chi connectivity index (χ0v) is 19.9. The molecular weight excluding hydrogens is 494 g/mol. The third-order valence-corrected chi connectivity index (χ3v) is 6.64. The van der Waals surface area contributed by atoms with Gasteiger partial charge in [-0.1, -0.05) is 12.1 Å². The normalized spacial score (nSPS) is 20.0. The van der Waals surface area contributed by atoms with Gasteiger partial charge in [0.1, 0.15) is 17.0 Å². The van der Waals surface area contributed by atoms with Crippen LogP contribution in [0.15, 0.2) is 83.6 Å². The number of amides is 2. The lowest BCUT2D eigenvalue weighted by Gasteiger charge is -2.35. The van der Waals surface area contributed by atoms with Gasteiger partial charge in [-0.25, -0.2) is 8.78 Å². The van der Waals surface area contributed by atoms with Gasteiger partial charge in [-0.3, -0.25) is 14.6 Å². The third-order valence-electron chi connectivity index (χ3n) is 6.64. The quantitative estimate of drug-likeness (QED) is 0.406. The monoisotopic (exact) mass is 516 g/mol. The van der Waals surface area contributed by atoms with Crippen LogP contribution in [-0.4, -0.2) is 30.3 Å². The van der Waals surface area contributed by atoms with E-state index in [2.05, 4.69) is 20.9 Å². The molecule has 3 aromatic carbocycles. The number of hydrogen-bond donors (Lipinski definition) is 3. The van der Waals surface area contributed by atoms with Gasteiger partial charge in [0.05, 0.1) is 5.69 Å². The van der Waals surface area contributed by atoms with E-state index in [4.69, 9.17) is 9.47 Å². The van der Waals surface area contributed by atoms with Crippen LogP contribution >= 0.6 is 0 Å². The summed E-state index contributed by atoms with van der Waals surface area (Å²) in [5.41, 5.74) is 0.108. The Morgan fingerprint density at radius 3 is 2.42 bits per heavy atom. The van der Waals surface area contributed by atoms with Crippen molar-refractivity contribution in [3.63, 3.8) is 0 Å². The molecule has 3 aliphatic rings. The summed E-state index contributed by atoms with van der Waals surface area (Å²) in [6.07, 6.45) is 2.86. The predicted octanol–water partition coefficient (Wildman–Crippen LogP) is 4.87. The van der Waals surface area contributed by atoms with E-state index in [-0.39, 0.29) is 11.4 Å². The van der Waals surface area contributed by atoms with Gasteiger partial charge in [0.15, 0.2) is 29.6 Å². The fourth-order valence-electron chi connectivity index (χ4n) is 4.36. The summed E-state index contributed by atoms with van der Waals surface area (Å²) in [4.78, 5) is 30.1. The molecule has 2 heterocycles. The standard InChI is InChI=1S/C28H22F2N4O4/c29-16-5-7-17(8-6-16)32-26(35)28(12-13-28)27(36)33-18-9-10-21(19(30)15-18)37-23-11-14-31-25-24(23)38-22-4-2-1-3-20(22)34-25/h1-11,14-15,24-25,34H,12-13H2,(H,32,35)(H,33,36)/t24-,25+/m0/s1. The summed E-state index contributed by atoms with van der Waals surface area (Å²) < 4.78 is 40.0. The first-order valence-corrected chi connectivity index (χ1v) is 12.0. The number of aliphatic imine (C=N–C) groups is 1. The summed E-state index contributed by atoms with van der Waals surface area (Å²) in [5.74, 6) is -1.22. The molecule has 2 amide bonds. The first-order valence-electron chi connectivity index (χ1n) is 12.0. The molecule has 3 N–H and O–H groups in total. The number of fused-ring (bicyclic) bond motifs is 2. The zero-order chi connectivity index (χ0) is 26.3. The average Bonchev–Trinajstić information content (AvgIpc) is 3.73. The van der Waals surface area contributed by atoms with Crippen LogP contribution in [0.4, 0.5) is 25.8 Å². The largest absolute Gasteiger partial charge is 0.476 e. The first kappa shape index (κ1) is 23.7. The molecule has 1 fully saturated rings. The molecule has 0 spiro atoms. The number of para-hydroxylation sites is 2. The Hall–Kier alpha value is -4.73. The van der Waals surface area contributed by atoms with Gasteiger partial charge in [-0.2, -0.15) is 0 Å². The summed E-state index contributed by atoms with van der Waals surface area (Å²) in [6.45, 7) is 0. The fourth-order valence-corrected chi connectivity index (χ4v) is 4.36. The number of rotatable bonds is 6. The maximum Gasteiger partial charge on any atom is 0.240 e. The van der Waals surface area contributed by atoms with Gasteiger partial charge in [0.2, 0.25) is 11.8 Å². The highest BCUT2D eigenvalue weighted by atomic mass is 19.1. The molecule has 0 radical (unpaired) electrons. The molecule has 38 heavy (non-hydrogen) atoms. The SMILES string of the molecule is O=C(Nc1ccc(F)cc1)C1(C(=O)Nc2ccc(OC3=CC=N[C@@H]4Nc5ccccc5O[C@@H]34)c(F)c2)CC1. The van der Waals surface area contributed by atoms with E-state index >= 15 is 4.39 Å². The van der Waals surface area contributed by atoms with E-state index in [9.17, 15) is 14.0 Å². The Kier molecular flexibility index (Phi) is 5.79. The van der Waals surface area contributed by atoms with E-state index < -0.39 is 41.1 Å². The molecule has 10 heteroatoms. The first-order chi connectivity index (χ1) is 18.4. The smallest absolute Gasteiger partial charge is 0.240 e. The lowest BCUT2D eigenvalue weighted by atomic mass is 10.0. The molecule has 0 unspecified atom stereocenters. The van der Waals surface area contributed by atoms with Crippen molar-refractivity contribution in [1.29, 1.82) is 0 Å². The van der Waals surface area contributed by atoms with Gasteiger partial charge in [-0.15, -0.1) is 0 Å². The second kappa shape index (κ2) is 9.29. The van der Waals surface area contributed by atoms with Crippen LogP contribution < -0.4 is 25.4 Å². The third kappa shape index (κ3) is 4.45. The molecule has 2 aliphatic heterocycles. The number of ether oxygens (including phenoxy) is 2. The van der Waals surface area contributed by atoms with Gasteiger partial charge >= 0.3 is 0 Å². The predicted molar refractivity (Wildman–Crippen MR) is 137 cm³/mol. The molecular formula is C28H22F2N4O4. The van der Waals surface area contributed by atoms with E-state index in [0.29, 0.717) is 30.0 Å². The maximum absolute atomic E-state index is 15.0. The molecule has 3 aromatic rings. The number of carbonyl (C=O) groups is 2. The van der Waals surface area contributed by atoms with Crippen LogP contribution in [0.1, 0.15) is 12.8 Å². The number of benzene rings is 3. The Morgan fingerprint density at radius 2 is 1.68 bits per heavy atom. The van der Waals surface area contributed by atoms with Crippen LogP contribution in [0.25, 0.3) is 0 Å². The van der Waals surface area contributed by atoms with Crippen molar-refractivity contribution in [3.8, 4) is 11.5 Å². The van der Waals surface area contributed by atoms with Crippen molar-refractivity contribution in [2.45, 2.75) is 25.1 Å². The number of nitrogens with zero attached hydrogens (tertiary/aromatic N) is 1. The molecule has 8 nitrogen and oxygen atoms in total. The number of anilines is 3. The number of halogens is 2. The lowest BCUT2D eigenvalue weighted by molar-refractivity contribution is -0.131. The molecule has 192 valence electrons. The molecule has 1 saturated carbocycles. The second-order valence-electron chi connectivity index (χ2n) is 9.24.